The number of nitrogens with zero attached hydrogens (tertiary/aromatic N) is 2. The van der Waals surface area contributed by atoms with Crippen molar-refractivity contribution in [3.8, 4) is 11.8 Å². The monoisotopic (exact) mass is 306 g/mol. The molecule has 0 fully saturated rings. The Labute approximate surface area is 135 Å². The molecule has 1 aliphatic rings. The quantitative estimate of drug-likeness (QED) is 0.874. The van der Waals surface area contributed by atoms with E-state index in [0.29, 0.717) is 11.3 Å². The van der Waals surface area contributed by atoms with Crippen LogP contribution in [0.25, 0.3) is 0 Å². The summed E-state index contributed by atoms with van der Waals surface area (Å²) in [6, 6.07) is 17.0. The molecule has 3 rings (SSSR count). The van der Waals surface area contributed by atoms with E-state index in [-0.39, 0.29) is 11.9 Å². The summed E-state index contributed by atoms with van der Waals surface area (Å²) in [5.74, 6) is 0.539. The maximum absolute atomic E-state index is 12.8. The van der Waals surface area contributed by atoms with Gasteiger partial charge < -0.3 is 9.64 Å². The SMILES string of the molecule is C[C@@H]1Cc2ccccc2N1C(=O)[C@@H](C)Oc1ccc(C#N)cc1. The van der Waals surface area contributed by atoms with Crippen molar-refractivity contribution in [2.75, 3.05) is 4.90 Å². The fraction of sp³-hybridized carbons (Fsp3) is 0.263. The third-order valence-corrected chi connectivity index (χ3v) is 4.09. The van der Waals surface area contributed by atoms with Crippen molar-refractivity contribution in [2.45, 2.75) is 32.4 Å². The van der Waals surface area contributed by atoms with Crippen LogP contribution in [0.2, 0.25) is 0 Å². The molecule has 0 N–H and O–H groups in total. The summed E-state index contributed by atoms with van der Waals surface area (Å²) in [5, 5.41) is 8.81. The van der Waals surface area contributed by atoms with E-state index in [4.69, 9.17) is 10.00 Å². The highest BCUT2D eigenvalue weighted by Crippen LogP contribution is 2.32. The third kappa shape index (κ3) is 2.91. The van der Waals surface area contributed by atoms with Crippen LogP contribution in [-0.2, 0) is 11.2 Å². The number of carbonyl (C=O) groups is 1. The Bertz CT molecular complexity index is 762. The van der Waals surface area contributed by atoms with Crippen LogP contribution < -0.4 is 9.64 Å². The van der Waals surface area contributed by atoms with Gasteiger partial charge >= 0.3 is 0 Å². The largest absolute Gasteiger partial charge is 0.481 e. The fourth-order valence-electron chi connectivity index (χ4n) is 2.96. The van der Waals surface area contributed by atoms with E-state index in [1.54, 1.807) is 31.2 Å². The van der Waals surface area contributed by atoms with Crippen molar-refractivity contribution in [1.29, 1.82) is 5.26 Å². The highest BCUT2D eigenvalue weighted by molar-refractivity contribution is 5.99. The van der Waals surface area contributed by atoms with Crippen molar-refractivity contribution in [1.82, 2.24) is 0 Å². The van der Waals surface area contributed by atoms with Crippen molar-refractivity contribution in [2.24, 2.45) is 0 Å². The molecule has 0 aliphatic carbocycles. The molecule has 0 aromatic heterocycles. The first kappa shape index (κ1) is 15.1. The first-order valence-corrected chi connectivity index (χ1v) is 7.68. The Morgan fingerprint density at radius 2 is 1.96 bits per heavy atom. The van der Waals surface area contributed by atoms with Crippen LogP contribution >= 0.6 is 0 Å². The number of benzene rings is 2. The number of rotatable bonds is 3. The summed E-state index contributed by atoms with van der Waals surface area (Å²) < 4.78 is 5.75. The number of hydrogen-bond donors (Lipinski definition) is 0. The number of amides is 1. The highest BCUT2D eigenvalue weighted by Gasteiger charge is 2.33. The van der Waals surface area contributed by atoms with Crippen molar-refractivity contribution in [3.05, 3.63) is 59.7 Å². The zero-order chi connectivity index (χ0) is 16.4. The van der Waals surface area contributed by atoms with Crippen LogP contribution in [0.1, 0.15) is 25.0 Å². The maximum atomic E-state index is 12.8. The van der Waals surface area contributed by atoms with E-state index in [1.165, 1.54) is 5.56 Å². The lowest BCUT2D eigenvalue weighted by molar-refractivity contribution is -0.124. The second-order valence-electron chi connectivity index (χ2n) is 5.79. The van der Waals surface area contributed by atoms with Gasteiger partial charge in [-0.15, -0.1) is 0 Å². The van der Waals surface area contributed by atoms with Gasteiger partial charge in [0.15, 0.2) is 6.10 Å². The number of hydrogen-bond acceptors (Lipinski definition) is 3. The second-order valence-corrected chi connectivity index (χ2v) is 5.79. The first-order chi connectivity index (χ1) is 11.1. The van der Waals surface area contributed by atoms with Gasteiger partial charge in [-0.25, -0.2) is 0 Å². The zero-order valence-corrected chi connectivity index (χ0v) is 13.2. The number of anilines is 1. The molecule has 2 atom stereocenters. The summed E-state index contributed by atoms with van der Waals surface area (Å²) in [5.41, 5.74) is 2.73. The van der Waals surface area contributed by atoms with Gasteiger partial charge in [0.2, 0.25) is 0 Å². The summed E-state index contributed by atoms with van der Waals surface area (Å²) in [6.07, 6.45) is 0.280. The van der Waals surface area contributed by atoms with Crippen molar-refractivity contribution >= 4 is 11.6 Å². The molecular weight excluding hydrogens is 288 g/mol. The average Bonchev–Trinajstić information content (AvgIpc) is 2.90. The predicted molar refractivity (Wildman–Crippen MR) is 88.3 cm³/mol. The van der Waals surface area contributed by atoms with E-state index in [9.17, 15) is 4.79 Å². The molecule has 2 aromatic rings. The van der Waals surface area contributed by atoms with Crippen molar-refractivity contribution in [3.63, 3.8) is 0 Å². The molecular formula is C19H18N2O2. The van der Waals surface area contributed by atoms with Crippen LogP contribution in [0, 0.1) is 11.3 Å². The summed E-state index contributed by atoms with van der Waals surface area (Å²) >= 11 is 0. The smallest absolute Gasteiger partial charge is 0.268 e. The molecule has 0 bridgehead atoms. The molecule has 23 heavy (non-hydrogen) atoms. The molecule has 0 saturated carbocycles. The van der Waals surface area contributed by atoms with Crippen LogP contribution in [-0.4, -0.2) is 18.1 Å². The van der Waals surface area contributed by atoms with E-state index in [2.05, 4.69) is 12.1 Å². The standard InChI is InChI=1S/C19H18N2O2/c1-13-11-16-5-3-4-6-18(16)21(13)19(22)14(2)23-17-9-7-15(12-20)8-10-17/h3-10,13-14H,11H2,1-2H3/t13-,14-/m1/s1. The third-order valence-electron chi connectivity index (χ3n) is 4.09. The lowest BCUT2D eigenvalue weighted by Gasteiger charge is -2.26. The minimum absolute atomic E-state index is 0.0493. The Kier molecular flexibility index (Phi) is 4.03. The molecule has 116 valence electrons. The minimum Gasteiger partial charge on any atom is -0.481 e. The normalized spacial score (nSPS) is 17.3. The Balaban J connectivity index is 1.76. The average molecular weight is 306 g/mol. The topological polar surface area (TPSA) is 53.3 Å². The molecule has 1 amide bonds. The minimum atomic E-state index is -0.587. The van der Waals surface area contributed by atoms with Gasteiger partial charge in [-0.2, -0.15) is 5.26 Å². The van der Waals surface area contributed by atoms with E-state index < -0.39 is 6.10 Å². The lowest BCUT2D eigenvalue weighted by Crippen LogP contribution is -2.43. The van der Waals surface area contributed by atoms with Gasteiger partial charge in [0.05, 0.1) is 11.6 Å². The Morgan fingerprint density at radius 3 is 2.65 bits per heavy atom. The maximum Gasteiger partial charge on any atom is 0.268 e. The van der Waals surface area contributed by atoms with Crippen LogP contribution in [0.15, 0.2) is 48.5 Å². The van der Waals surface area contributed by atoms with Gasteiger partial charge in [-0.3, -0.25) is 4.79 Å². The van der Waals surface area contributed by atoms with E-state index in [0.717, 1.165) is 12.1 Å². The molecule has 0 saturated heterocycles. The summed E-state index contributed by atoms with van der Waals surface area (Å²) in [6.45, 7) is 3.81. The second kappa shape index (κ2) is 6.13. The Hall–Kier alpha value is -2.80. The molecule has 0 spiro atoms. The number of para-hydroxylation sites is 1. The number of fused-ring (bicyclic) bond motifs is 1. The van der Waals surface area contributed by atoms with Crippen LogP contribution in [0.3, 0.4) is 0 Å². The molecule has 4 heteroatoms. The number of ether oxygens (including phenoxy) is 1. The fourth-order valence-corrected chi connectivity index (χ4v) is 2.96. The number of carbonyl (C=O) groups excluding carboxylic acids is 1. The van der Waals surface area contributed by atoms with Gasteiger partial charge in [0.25, 0.3) is 5.91 Å². The highest BCUT2D eigenvalue weighted by atomic mass is 16.5. The zero-order valence-electron chi connectivity index (χ0n) is 13.2. The van der Waals surface area contributed by atoms with Gasteiger partial charge in [0.1, 0.15) is 5.75 Å². The molecule has 1 heterocycles. The molecule has 4 nitrogen and oxygen atoms in total. The summed E-state index contributed by atoms with van der Waals surface area (Å²) in [4.78, 5) is 14.6. The van der Waals surface area contributed by atoms with Crippen LogP contribution in [0.5, 0.6) is 5.75 Å². The van der Waals surface area contributed by atoms with Gasteiger partial charge in [0, 0.05) is 11.7 Å². The number of nitriles is 1. The first-order valence-electron chi connectivity index (χ1n) is 7.68. The Morgan fingerprint density at radius 1 is 1.26 bits per heavy atom. The van der Waals surface area contributed by atoms with Gasteiger partial charge in [-0.1, -0.05) is 18.2 Å². The van der Waals surface area contributed by atoms with Gasteiger partial charge in [-0.05, 0) is 56.2 Å². The van der Waals surface area contributed by atoms with E-state index >= 15 is 0 Å². The molecule has 1 aliphatic heterocycles. The lowest BCUT2D eigenvalue weighted by atomic mass is 10.1. The molecule has 0 unspecified atom stereocenters. The molecule has 0 radical (unpaired) electrons. The summed E-state index contributed by atoms with van der Waals surface area (Å²) in [7, 11) is 0. The van der Waals surface area contributed by atoms with Crippen molar-refractivity contribution < 1.29 is 9.53 Å². The van der Waals surface area contributed by atoms with Crippen LogP contribution in [0.4, 0.5) is 5.69 Å². The van der Waals surface area contributed by atoms with E-state index in [1.807, 2.05) is 30.0 Å². The predicted octanol–water partition coefficient (Wildman–Crippen LogP) is 3.30. The molecule has 2 aromatic carbocycles.